The fourth-order valence-electron chi connectivity index (χ4n) is 3.22. The fourth-order valence-corrected chi connectivity index (χ4v) is 3.22. The van der Waals surface area contributed by atoms with Crippen LogP contribution in [0.1, 0.15) is 11.1 Å². The molecule has 0 unspecified atom stereocenters. The number of fused-ring (bicyclic) bond motifs is 1. The molecular formula is C24H20O4. The first-order valence-corrected chi connectivity index (χ1v) is 9.00. The third-order valence-electron chi connectivity index (χ3n) is 4.50. The maximum atomic E-state index is 12.5. The van der Waals surface area contributed by atoms with Crippen molar-refractivity contribution in [2.24, 2.45) is 0 Å². The second kappa shape index (κ2) is 7.24. The summed E-state index contributed by atoms with van der Waals surface area (Å²) in [7, 11) is 1.57. The van der Waals surface area contributed by atoms with Crippen LogP contribution in [0.4, 0.5) is 0 Å². The lowest BCUT2D eigenvalue weighted by Gasteiger charge is -2.09. The van der Waals surface area contributed by atoms with Crippen LogP contribution in [0.15, 0.2) is 75.9 Å². The van der Waals surface area contributed by atoms with E-state index in [2.05, 4.69) is 6.07 Å². The first kappa shape index (κ1) is 17.9. The Morgan fingerprint density at radius 2 is 1.43 bits per heavy atom. The fraction of sp³-hybridized carbons (Fsp3) is 0.125. The third kappa shape index (κ3) is 3.62. The highest BCUT2D eigenvalue weighted by Crippen LogP contribution is 2.28. The molecule has 0 aliphatic heterocycles. The van der Waals surface area contributed by atoms with Crippen molar-refractivity contribution in [1.82, 2.24) is 0 Å². The van der Waals surface area contributed by atoms with Gasteiger partial charge in [-0.2, -0.15) is 0 Å². The van der Waals surface area contributed by atoms with Gasteiger partial charge in [-0.1, -0.05) is 6.07 Å². The molecule has 0 spiro atoms. The summed E-state index contributed by atoms with van der Waals surface area (Å²) in [6.45, 7) is 4.08. The summed E-state index contributed by atoms with van der Waals surface area (Å²) in [5.74, 6) is 2.67. The van der Waals surface area contributed by atoms with E-state index >= 15 is 0 Å². The Balaban J connectivity index is 1.64. The molecule has 28 heavy (non-hydrogen) atoms. The average molecular weight is 372 g/mol. The van der Waals surface area contributed by atoms with E-state index in [-0.39, 0.29) is 5.43 Å². The van der Waals surface area contributed by atoms with Gasteiger partial charge in [0.1, 0.15) is 28.6 Å². The monoisotopic (exact) mass is 372 g/mol. The summed E-state index contributed by atoms with van der Waals surface area (Å²) in [6.07, 6.45) is 0. The molecule has 3 aromatic carbocycles. The van der Waals surface area contributed by atoms with Gasteiger partial charge in [0.2, 0.25) is 0 Å². The van der Waals surface area contributed by atoms with Crippen LogP contribution < -0.4 is 14.9 Å². The molecule has 0 radical (unpaired) electrons. The highest BCUT2D eigenvalue weighted by atomic mass is 16.5. The molecule has 0 saturated carbocycles. The summed E-state index contributed by atoms with van der Waals surface area (Å²) < 4.78 is 17.0. The minimum atomic E-state index is -0.106. The van der Waals surface area contributed by atoms with Crippen molar-refractivity contribution >= 4 is 11.0 Å². The Labute approximate surface area is 163 Å². The predicted molar refractivity (Wildman–Crippen MR) is 110 cm³/mol. The predicted octanol–water partition coefficient (Wildman–Crippen LogP) is 5.88. The van der Waals surface area contributed by atoms with E-state index in [4.69, 9.17) is 13.9 Å². The lowest BCUT2D eigenvalue weighted by molar-refractivity contribution is 0.415. The van der Waals surface area contributed by atoms with E-state index in [0.717, 1.165) is 28.2 Å². The zero-order valence-corrected chi connectivity index (χ0v) is 16.0. The molecule has 4 aromatic rings. The van der Waals surface area contributed by atoms with Gasteiger partial charge in [0.05, 0.1) is 12.5 Å². The quantitative estimate of drug-likeness (QED) is 0.449. The van der Waals surface area contributed by atoms with Crippen LogP contribution in [0.3, 0.4) is 0 Å². The molecule has 1 aromatic heterocycles. The van der Waals surface area contributed by atoms with Crippen LogP contribution in [0.5, 0.6) is 17.2 Å². The van der Waals surface area contributed by atoms with Crippen molar-refractivity contribution < 1.29 is 13.9 Å². The number of rotatable bonds is 4. The standard InChI is InChI=1S/C24H20O4/c1-15-10-16(2)12-20(11-15)27-18-6-4-17(5-7-18)24-14-22(25)21-13-19(26-3)8-9-23(21)28-24/h4-14H,1-3H3. The smallest absolute Gasteiger partial charge is 0.193 e. The Hall–Kier alpha value is -3.53. The van der Waals surface area contributed by atoms with E-state index in [1.165, 1.54) is 6.07 Å². The first-order chi connectivity index (χ1) is 13.5. The number of hydrogen-bond donors (Lipinski definition) is 0. The highest BCUT2D eigenvalue weighted by molar-refractivity contribution is 5.80. The first-order valence-electron chi connectivity index (χ1n) is 9.00. The minimum Gasteiger partial charge on any atom is -0.497 e. The zero-order chi connectivity index (χ0) is 19.7. The zero-order valence-electron chi connectivity index (χ0n) is 16.0. The molecule has 140 valence electrons. The molecular weight excluding hydrogens is 352 g/mol. The van der Waals surface area contributed by atoms with Gasteiger partial charge in [0, 0.05) is 11.6 Å². The van der Waals surface area contributed by atoms with Crippen LogP contribution in [0.25, 0.3) is 22.3 Å². The molecule has 0 atom stereocenters. The summed E-state index contributed by atoms with van der Waals surface area (Å²) in [5.41, 5.74) is 3.54. The number of ether oxygens (including phenoxy) is 2. The van der Waals surface area contributed by atoms with Crippen molar-refractivity contribution in [2.45, 2.75) is 13.8 Å². The molecule has 4 heteroatoms. The Kier molecular flexibility index (Phi) is 4.62. The Morgan fingerprint density at radius 1 is 0.750 bits per heavy atom. The number of methoxy groups -OCH3 is 1. The minimum absolute atomic E-state index is 0.106. The van der Waals surface area contributed by atoms with Gasteiger partial charge < -0.3 is 13.9 Å². The van der Waals surface area contributed by atoms with Crippen LogP contribution in [-0.2, 0) is 0 Å². The molecule has 0 fully saturated rings. The van der Waals surface area contributed by atoms with E-state index < -0.39 is 0 Å². The molecule has 0 aliphatic carbocycles. The lowest BCUT2D eigenvalue weighted by atomic mass is 10.1. The lowest BCUT2D eigenvalue weighted by Crippen LogP contribution is -2.00. The molecule has 0 N–H and O–H groups in total. The highest BCUT2D eigenvalue weighted by Gasteiger charge is 2.09. The SMILES string of the molecule is COc1ccc2oc(-c3ccc(Oc4cc(C)cc(C)c4)cc3)cc(=O)c2c1. The molecule has 0 bridgehead atoms. The van der Waals surface area contributed by atoms with Gasteiger partial charge in [-0.05, 0) is 79.6 Å². The van der Waals surface area contributed by atoms with Crippen molar-refractivity contribution in [3.8, 4) is 28.6 Å². The van der Waals surface area contributed by atoms with Crippen LogP contribution >= 0.6 is 0 Å². The average Bonchev–Trinajstić information content (AvgIpc) is 2.67. The second-order valence-corrected chi connectivity index (χ2v) is 6.79. The van der Waals surface area contributed by atoms with Crippen molar-refractivity contribution in [1.29, 1.82) is 0 Å². The van der Waals surface area contributed by atoms with Gasteiger partial charge in [0.25, 0.3) is 0 Å². The summed E-state index contributed by atoms with van der Waals surface area (Å²) in [6, 6.07) is 20.3. The third-order valence-corrected chi connectivity index (χ3v) is 4.50. The Morgan fingerprint density at radius 3 is 2.11 bits per heavy atom. The van der Waals surface area contributed by atoms with Gasteiger partial charge in [-0.15, -0.1) is 0 Å². The summed E-state index contributed by atoms with van der Waals surface area (Å²) in [4.78, 5) is 12.5. The molecule has 0 saturated heterocycles. The van der Waals surface area contributed by atoms with Crippen molar-refractivity contribution in [3.63, 3.8) is 0 Å². The van der Waals surface area contributed by atoms with Gasteiger partial charge in [-0.25, -0.2) is 0 Å². The topological polar surface area (TPSA) is 48.7 Å². The van der Waals surface area contributed by atoms with Crippen molar-refractivity contribution in [2.75, 3.05) is 7.11 Å². The van der Waals surface area contributed by atoms with E-state index in [9.17, 15) is 4.79 Å². The van der Waals surface area contributed by atoms with Crippen LogP contribution in [0, 0.1) is 13.8 Å². The van der Waals surface area contributed by atoms with E-state index in [0.29, 0.717) is 22.5 Å². The van der Waals surface area contributed by atoms with E-state index in [1.807, 2.05) is 50.2 Å². The van der Waals surface area contributed by atoms with Crippen LogP contribution in [0.2, 0.25) is 0 Å². The largest absolute Gasteiger partial charge is 0.497 e. The number of hydrogen-bond acceptors (Lipinski definition) is 4. The molecule has 0 aliphatic rings. The number of benzene rings is 3. The molecule has 4 nitrogen and oxygen atoms in total. The molecule has 1 heterocycles. The maximum Gasteiger partial charge on any atom is 0.193 e. The van der Waals surface area contributed by atoms with Gasteiger partial charge >= 0.3 is 0 Å². The number of aryl methyl sites for hydroxylation is 2. The van der Waals surface area contributed by atoms with Crippen molar-refractivity contribution in [3.05, 3.63) is 88.1 Å². The van der Waals surface area contributed by atoms with Gasteiger partial charge in [0.15, 0.2) is 5.43 Å². The summed E-state index contributed by atoms with van der Waals surface area (Å²) >= 11 is 0. The second-order valence-electron chi connectivity index (χ2n) is 6.79. The van der Waals surface area contributed by atoms with E-state index in [1.54, 1.807) is 25.3 Å². The van der Waals surface area contributed by atoms with Gasteiger partial charge in [-0.3, -0.25) is 4.79 Å². The van der Waals surface area contributed by atoms with Crippen LogP contribution in [-0.4, -0.2) is 7.11 Å². The normalized spacial score (nSPS) is 10.8. The maximum absolute atomic E-state index is 12.5. The molecule has 4 rings (SSSR count). The summed E-state index contributed by atoms with van der Waals surface area (Å²) in [5, 5.41) is 0.498. The molecule has 0 amide bonds. The Bertz CT molecular complexity index is 1180.